The molecule has 0 fully saturated rings. The summed E-state index contributed by atoms with van der Waals surface area (Å²) >= 11 is 12.0. The third-order valence-electron chi connectivity index (χ3n) is 3.01. The molecule has 0 bridgehead atoms. The molecule has 0 saturated carbocycles. The van der Waals surface area contributed by atoms with Gasteiger partial charge in [-0.15, -0.1) is 0 Å². The predicted molar refractivity (Wildman–Crippen MR) is 110 cm³/mol. The van der Waals surface area contributed by atoms with Gasteiger partial charge in [0.2, 0.25) is 0 Å². The highest BCUT2D eigenvalue weighted by Crippen LogP contribution is 2.35. The molecule has 0 aliphatic carbocycles. The lowest BCUT2D eigenvalue weighted by molar-refractivity contribution is 0.301. The number of benzene rings is 2. The molecular weight excluding hydrogens is 473 g/mol. The first-order valence-corrected chi connectivity index (χ1v) is 9.42. The zero-order valence-electron chi connectivity index (χ0n) is 13.4. The SMILES string of the molecule is CCNC(=S)NN=Cc1cc(Br)c(OCc2cccc(F)c2)c(Br)c1. The van der Waals surface area contributed by atoms with E-state index in [0.29, 0.717) is 10.9 Å². The average Bonchev–Trinajstić information content (AvgIpc) is 2.54. The topological polar surface area (TPSA) is 45.7 Å². The Balaban J connectivity index is 2.04. The van der Waals surface area contributed by atoms with Gasteiger partial charge in [0.15, 0.2) is 5.11 Å². The minimum atomic E-state index is -0.284. The van der Waals surface area contributed by atoms with E-state index in [4.69, 9.17) is 17.0 Å². The Labute approximate surface area is 168 Å². The van der Waals surface area contributed by atoms with Crippen LogP contribution in [-0.4, -0.2) is 17.9 Å². The van der Waals surface area contributed by atoms with Crippen LogP contribution in [0.2, 0.25) is 0 Å². The Hall–Kier alpha value is -1.51. The molecule has 132 valence electrons. The third-order valence-corrected chi connectivity index (χ3v) is 4.42. The Bertz CT molecular complexity index is 763. The van der Waals surface area contributed by atoms with Crippen molar-refractivity contribution in [3.05, 3.63) is 62.3 Å². The van der Waals surface area contributed by atoms with Crippen molar-refractivity contribution in [3.63, 3.8) is 0 Å². The summed E-state index contributed by atoms with van der Waals surface area (Å²) in [6.07, 6.45) is 1.65. The Morgan fingerprint density at radius 1 is 1.28 bits per heavy atom. The average molecular weight is 489 g/mol. The molecule has 0 unspecified atom stereocenters. The fourth-order valence-corrected chi connectivity index (χ4v) is 3.59. The first kappa shape index (κ1) is 19.8. The number of nitrogens with one attached hydrogen (secondary N) is 2. The maximum Gasteiger partial charge on any atom is 0.186 e. The minimum absolute atomic E-state index is 0.265. The van der Waals surface area contributed by atoms with Crippen LogP contribution in [0.4, 0.5) is 4.39 Å². The van der Waals surface area contributed by atoms with E-state index < -0.39 is 0 Å². The summed E-state index contributed by atoms with van der Waals surface area (Å²) in [5.41, 5.74) is 4.34. The summed E-state index contributed by atoms with van der Waals surface area (Å²) in [6.45, 7) is 2.95. The van der Waals surface area contributed by atoms with E-state index in [1.54, 1.807) is 12.3 Å². The van der Waals surface area contributed by atoms with Crippen LogP contribution in [0.1, 0.15) is 18.1 Å². The largest absolute Gasteiger partial charge is 0.487 e. The second kappa shape index (κ2) is 9.84. The molecule has 4 nitrogen and oxygen atoms in total. The second-order valence-electron chi connectivity index (χ2n) is 4.96. The lowest BCUT2D eigenvalue weighted by atomic mass is 10.2. The van der Waals surface area contributed by atoms with Crippen LogP contribution in [0.15, 0.2) is 50.4 Å². The molecule has 0 aliphatic heterocycles. The van der Waals surface area contributed by atoms with Gasteiger partial charge in [-0.25, -0.2) is 4.39 Å². The standard InChI is InChI=1S/C17H16Br2FN3OS/c1-2-21-17(25)23-22-9-12-7-14(18)16(15(19)8-12)24-10-11-4-3-5-13(20)6-11/h3-9H,2,10H2,1H3,(H2,21,23,25). The van der Waals surface area contributed by atoms with Crippen molar-refractivity contribution in [3.8, 4) is 5.75 Å². The number of nitrogens with zero attached hydrogens (tertiary/aromatic N) is 1. The smallest absolute Gasteiger partial charge is 0.186 e. The van der Waals surface area contributed by atoms with E-state index >= 15 is 0 Å². The van der Waals surface area contributed by atoms with E-state index in [1.165, 1.54) is 12.1 Å². The Morgan fingerprint density at radius 2 is 2.00 bits per heavy atom. The molecular formula is C17H16Br2FN3OS. The van der Waals surface area contributed by atoms with Crippen molar-refractivity contribution in [2.45, 2.75) is 13.5 Å². The maximum atomic E-state index is 13.2. The molecule has 2 aromatic rings. The van der Waals surface area contributed by atoms with Gasteiger partial charge in [-0.05, 0) is 86.4 Å². The molecule has 8 heteroatoms. The Kier molecular flexibility index (Phi) is 7.80. The molecule has 0 atom stereocenters. The maximum absolute atomic E-state index is 13.2. The number of rotatable bonds is 6. The quantitative estimate of drug-likeness (QED) is 0.350. The zero-order chi connectivity index (χ0) is 18.2. The first-order valence-electron chi connectivity index (χ1n) is 7.42. The summed E-state index contributed by atoms with van der Waals surface area (Å²) < 4.78 is 20.5. The number of hydrogen-bond donors (Lipinski definition) is 2. The van der Waals surface area contributed by atoms with E-state index in [9.17, 15) is 4.39 Å². The highest BCUT2D eigenvalue weighted by molar-refractivity contribution is 9.11. The summed E-state index contributed by atoms with van der Waals surface area (Å²) in [7, 11) is 0. The molecule has 0 aromatic heterocycles. The third kappa shape index (κ3) is 6.37. The predicted octanol–water partition coefficient (Wildman–Crippen LogP) is 4.75. The van der Waals surface area contributed by atoms with E-state index in [1.807, 2.05) is 25.1 Å². The summed E-state index contributed by atoms with van der Waals surface area (Å²) in [5.74, 6) is 0.353. The van der Waals surface area contributed by atoms with E-state index in [2.05, 4.69) is 47.7 Å². The summed E-state index contributed by atoms with van der Waals surface area (Å²) in [6, 6.07) is 10.1. The van der Waals surface area contributed by atoms with Crippen LogP contribution in [-0.2, 0) is 6.61 Å². The molecule has 25 heavy (non-hydrogen) atoms. The van der Waals surface area contributed by atoms with E-state index in [-0.39, 0.29) is 12.4 Å². The number of hydrogen-bond acceptors (Lipinski definition) is 3. The molecule has 0 amide bonds. The van der Waals surface area contributed by atoms with Gasteiger partial charge in [0, 0.05) is 6.54 Å². The number of ether oxygens (including phenoxy) is 1. The van der Waals surface area contributed by atoms with E-state index in [0.717, 1.165) is 26.6 Å². The minimum Gasteiger partial charge on any atom is -0.487 e. The van der Waals surface area contributed by atoms with Gasteiger partial charge in [-0.2, -0.15) is 5.10 Å². The fraction of sp³-hybridized carbons (Fsp3) is 0.176. The molecule has 2 N–H and O–H groups in total. The van der Waals surface area contributed by atoms with Crippen LogP contribution in [0, 0.1) is 5.82 Å². The van der Waals surface area contributed by atoms with Gasteiger partial charge in [0.25, 0.3) is 0 Å². The van der Waals surface area contributed by atoms with Gasteiger partial charge in [-0.3, -0.25) is 5.43 Å². The van der Waals surface area contributed by atoms with Gasteiger partial charge in [0.05, 0.1) is 15.2 Å². The second-order valence-corrected chi connectivity index (χ2v) is 7.08. The van der Waals surface area contributed by atoms with Crippen LogP contribution in [0.25, 0.3) is 0 Å². The molecule has 2 rings (SSSR count). The molecule has 0 spiro atoms. The summed E-state index contributed by atoms with van der Waals surface area (Å²) in [5, 5.41) is 7.48. The Morgan fingerprint density at radius 3 is 2.64 bits per heavy atom. The molecule has 0 heterocycles. The molecule has 0 aliphatic rings. The van der Waals surface area contributed by atoms with Gasteiger partial charge >= 0.3 is 0 Å². The van der Waals surface area contributed by atoms with Gasteiger partial charge < -0.3 is 10.1 Å². The van der Waals surface area contributed by atoms with Crippen LogP contribution in [0.3, 0.4) is 0 Å². The lowest BCUT2D eigenvalue weighted by Crippen LogP contribution is -2.31. The van der Waals surface area contributed by atoms with Gasteiger partial charge in [-0.1, -0.05) is 12.1 Å². The number of hydrazone groups is 1. The first-order chi connectivity index (χ1) is 12.0. The summed E-state index contributed by atoms with van der Waals surface area (Å²) in [4.78, 5) is 0. The molecule has 0 radical (unpaired) electrons. The van der Waals surface area contributed by atoms with Gasteiger partial charge in [0.1, 0.15) is 18.2 Å². The van der Waals surface area contributed by atoms with Crippen LogP contribution >= 0.6 is 44.1 Å². The lowest BCUT2D eigenvalue weighted by Gasteiger charge is -2.11. The van der Waals surface area contributed by atoms with Crippen molar-refractivity contribution in [1.82, 2.24) is 10.7 Å². The number of thiocarbonyl (C=S) groups is 1. The zero-order valence-corrected chi connectivity index (χ0v) is 17.3. The van der Waals surface area contributed by atoms with Crippen molar-refractivity contribution in [1.29, 1.82) is 0 Å². The van der Waals surface area contributed by atoms with Crippen LogP contribution in [0.5, 0.6) is 5.75 Å². The van der Waals surface area contributed by atoms with Crippen molar-refractivity contribution >= 4 is 55.4 Å². The van der Waals surface area contributed by atoms with Crippen molar-refractivity contribution < 1.29 is 9.13 Å². The fourth-order valence-electron chi connectivity index (χ4n) is 1.94. The number of halogens is 3. The van der Waals surface area contributed by atoms with Crippen molar-refractivity contribution in [2.24, 2.45) is 5.10 Å². The molecule has 0 saturated heterocycles. The highest BCUT2D eigenvalue weighted by Gasteiger charge is 2.09. The monoisotopic (exact) mass is 487 g/mol. The normalized spacial score (nSPS) is 10.7. The highest BCUT2D eigenvalue weighted by atomic mass is 79.9. The van der Waals surface area contributed by atoms with Crippen LogP contribution < -0.4 is 15.5 Å². The van der Waals surface area contributed by atoms with Crippen molar-refractivity contribution in [2.75, 3.05) is 6.54 Å². The molecule has 2 aromatic carbocycles.